The highest BCUT2D eigenvalue weighted by atomic mass is 16.4. The van der Waals surface area contributed by atoms with Gasteiger partial charge < -0.3 is 5.11 Å². The van der Waals surface area contributed by atoms with Crippen molar-refractivity contribution < 1.29 is 9.90 Å². The Hall–Kier alpha value is -2.44. The number of carboxylic acids is 1. The van der Waals surface area contributed by atoms with Gasteiger partial charge in [-0.1, -0.05) is 0 Å². The molecule has 106 valence electrons. The molecule has 2 rings (SSSR count). The number of aromatic nitrogens is 4. The maximum atomic E-state index is 12.0. The first kappa shape index (κ1) is 14.0. The quantitative estimate of drug-likeness (QED) is 0.835. The number of aromatic amines is 1. The maximum Gasteiger partial charge on any atom is 0.348 e. The number of aliphatic carboxylic acids is 1. The molecule has 0 unspecified atom stereocenters. The summed E-state index contributed by atoms with van der Waals surface area (Å²) in [6.45, 7) is 3.91. The molecule has 0 aliphatic heterocycles. The molecule has 0 radical (unpaired) electrons. The van der Waals surface area contributed by atoms with Crippen LogP contribution in [0.5, 0.6) is 0 Å². The molecule has 2 N–H and O–H groups in total. The van der Waals surface area contributed by atoms with Gasteiger partial charge in [0.1, 0.15) is 0 Å². The SMILES string of the molecule is Cc1nc(=O)n(Cc2cn[nH]c2)c(C)c1CCC(=O)O. The molecule has 0 atom stereocenters. The van der Waals surface area contributed by atoms with Gasteiger partial charge in [-0.2, -0.15) is 10.1 Å². The number of hydrogen-bond donors (Lipinski definition) is 2. The second kappa shape index (κ2) is 5.68. The predicted octanol–water partition coefficient (Wildman–Crippen LogP) is 0.649. The van der Waals surface area contributed by atoms with Crippen molar-refractivity contribution in [3.05, 3.63) is 45.4 Å². The first-order valence-electron chi connectivity index (χ1n) is 6.25. The molecule has 0 fully saturated rings. The standard InChI is InChI=1S/C13H16N4O3/c1-8-11(3-4-12(18)19)9(2)17(13(20)16-8)7-10-5-14-15-6-10/h5-6H,3-4,7H2,1-2H3,(H,14,15)(H,18,19). The van der Waals surface area contributed by atoms with Crippen molar-refractivity contribution in [3.63, 3.8) is 0 Å². The maximum absolute atomic E-state index is 12.0. The van der Waals surface area contributed by atoms with Crippen LogP contribution in [0.2, 0.25) is 0 Å². The minimum absolute atomic E-state index is 0.0211. The van der Waals surface area contributed by atoms with Gasteiger partial charge in [-0.05, 0) is 25.8 Å². The Labute approximate surface area is 115 Å². The van der Waals surface area contributed by atoms with E-state index in [0.29, 0.717) is 18.7 Å². The van der Waals surface area contributed by atoms with Crippen LogP contribution in [-0.2, 0) is 17.8 Å². The van der Waals surface area contributed by atoms with Crippen molar-refractivity contribution in [2.75, 3.05) is 0 Å². The van der Waals surface area contributed by atoms with Crippen molar-refractivity contribution in [1.29, 1.82) is 0 Å². The molecule has 0 saturated heterocycles. The zero-order chi connectivity index (χ0) is 14.7. The summed E-state index contributed by atoms with van der Waals surface area (Å²) in [5.41, 5.74) is 2.70. The smallest absolute Gasteiger partial charge is 0.348 e. The summed E-state index contributed by atoms with van der Waals surface area (Å²) < 4.78 is 1.54. The average Bonchev–Trinajstić information content (AvgIpc) is 2.86. The fourth-order valence-electron chi connectivity index (χ4n) is 2.17. The summed E-state index contributed by atoms with van der Waals surface area (Å²) in [5, 5.41) is 15.3. The molecule has 0 aliphatic carbocycles. The number of nitrogens with zero attached hydrogens (tertiary/aromatic N) is 3. The third kappa shape index (κ3) is 2.93. The molecule has 20 heavy (non-hydrogen) atoms. The Morgan fingerprint density at radius 3 is 2.80 bits per heavy atom. The van der Waals surface area contributed by atoms with Crippen LogP contribution in [0.15, 0.2) is 17.2 Å². The summed E-state index contributed by atoms with van der Waals surface area (Å²) in [5.74, 6) is -0.864. The second-order valence-electron chi connectivity index (χ2n) is 4.63. The van der Waals surface area contributed by atoms with Crippen molar-refractivity contribution in [2.45, 2.75) is 33.2 Å². The van der Waals surface area contributed by atoms with Crippen LogP contribution in [0.25, 0.3) is 0 Å². The summed E-state index contributed by atoms with van der Waals surface area (Å²) >= 11 is 0. The Kier molecular flexibility index (Phi) is 3.97. The molecule has 0 saturated carbocycles. The summed E-state index contributed by atoms with van der Waals surface area (Å²) in [6, 6.07) is 0. The first-order valence-corrected chi connectivity index (χ1v) is 6.25. The number of nitrogens with one attached hydrogen (secondary N) is 1. The van der Waals surface area contributed by atoms with Crippen molar-refractivity contribution in [3.8, 4) is 0 Å². The third-order valence-electron chi connectivity index (χ3n) is 3.26. The van der Waals surface area contributed by atoms with Crippen molar-refractivity contribution >= 4 is 5.97 Å². The minimum atomic E-state index is -0.864. The van der Waals surface area contributed by atoms with E-state index in [-0.39, 0.29) is 12.1 Å². The largest absolute Gasteiger partial charge is 0.481 e. The second-order valence-corrected chi connectivity index (χ2v) is 4.63. The van der Waals surface area contributed by atoms with Gasteiger partial charge in [0.2, 0.25) is 0 Å². The van der Waals surface area contributed by atoms with Gasteiger partial charge in [0.25, 0.3) is 0 Å². The number of carbonyl (C=O) groups is 1. The number of rotatable bonds is 5. The highest BCUT2D eigenvalue weighted by molar-refractivity contribution is 5.67. The Morgan fingerprint density at radius 2 is 2.20 bits per heavy atom. The van der Waals surface area contributed by atoms with Crippen LogP contribution in [0.4, 0.5) is 0 Å². The van der Waals surface area contributed by atoms with Gasteiger partial charge in [-0.25, -0.2) is 4.79 Å². The van der Waals surface area contributed by atoms with E-state index in [1.54, 1.807) is 19.3 Å². The lowest BCUT2D eigenvalue weighted by Crippen LogP contribution is -2.28. The molecule has 7 nitrogen and oxygen atoms in total. The molecular weight excluding hydrogens is 260 g/mol. The van der Waals surface area contributed by atoms with Crippen LogP contribution in [0, 0.1) is 13.8 Å². The van der Waals surface area contributed by atoms with E-state index in [1.807, 2.05) is 6.92 Å². The zero-order valence-corrected chi connectivity index (χ0v) is 11.4. The van der Waals surface area contributed by atoms with E-state index in [1.165, 1.54) is 4.57 Å². The monoisotopic (exact) mass is 276 g/mol. The van der Waals surface area contributed by atoms with E-state index < -0.39 is 5.97 Å². The lowest BCUT2D eigenvalue weighted by atomic mass is 10.1. The van der Waals surface area contributed by atoms with Gasteiger partial charge in [0.05, 0.1) is 12.7 Å². The van der Waals surface area contributed by atoms with Crippen molar-refractivity contribution in [1.82, 2.24) is 19.7 Å². The molecular formula is C13H16N4O3. The zero-order valence-electron chi connectivity index (χ0n) is 11.4. The van der Waals surface area contributed by atoms with E-state index >= 15 is 0 Å². The summed E-state index contributed by atoms with van der Waals surface area (Å²) in [6.07, 6.45) is 3.74. The van der Waals surface area contributed by atoms with Gasteiger partial charge in [0.15, 0.2) is 0 Å². The Morgan fingerprint density at radius 1 is 1.45 bits per heavy atom. The normalized spacial score (nSPS) is 10.7. The van der Waals surface area contributed by atoms with E-state index in [4.69, 9.17) is 5.11 Å². The van der Waals surface area contributed by atoms with E-state index in [0.717, 1.165) is 16.8 Å². The fraction of sp³-hybridized carbons (Fsp3) is 0.385. The Balaban J connectivity index is 2.38. The van der Waals surface area contributed by atoms with Crippen LogP contribution in [0.3, 0.4) is 0 Å². The molecule has 2 aromatic rings. The highest BCUT2D eigenvalue weighted by Gasteiger charge is 2.13. The van der Waals surface area contributed by atoms with Crippen LogP contribution in [0.1, 0.15) is 28.9 Å². The molecule has 0 spiro atoms. The number of hydrogen-bond acceptors (Lipinski definition) is 4. The lowest BCUT2D eigenvalue weighted by Gasteiger charge is -2.14. The molecule has 0 amide bonds. The summed E-state index contributed by atoms with van der Waals surface area (Å²) in [7, 11) is 0. The molecule has 0 aliphatic rings. The van der Waals surface area contributed by atoms with Gasteiger partial charge >= 0.3 is 11.7 Å². The van der Waals surface area contributed by atoms with E-state index in [2.05, 4.69) is 15.2 Å². The third-order valence-corrected chi connectivity index (χ3v) is 3.26. The topological polar surface area (TPSA) is 101 Å². The molecule has 2 heterocycles. The lowest BCUT2D eigenvalue weighted by molar-refractivity contribution is -0.136. The first-order chi connectivity index (χ1) is 9.49. The number of H-pyrrole nitrogens is 1. The molecule has 7 heteroatoms. The molecule has 0 bridgehead atoms. The van der Waals surface area contributed by atoms with Gasteiger partial charge in [-0.3, -0.25) is 14.5 Å². The predicted molar refractivity (Wildman–Crippen MR) is 71.6 cm³/mol. The van der Waals surface area contributed by atoms with E-state index in [9.17, 15) is 9.59 Å². The highest BCUT2D eigenvalue weighted by Crippen LogP contribution is 2.13. The summed E-state index contributed by atoms with van der Waals surface area (Å²) in [4.78, 5) is 26.7. The van der Waals surface area contributed by atoms with Crippen LogP contribution < -0.4 is 5.69 Å². The molecule has 2 aromatic heterocycles. The Bertz CT molecular complexity index is 674. The molecule has 0 aromatic carbocycles. The van der Waals surface area contributed by atoms with Gasteiger partial charge in [0, 0.05) is 29.6 Å². The van der Waals surface area contributed by atoms with Crippen LogP contribution >= 0.6 is 0 Å². The number of aryl methyl sites for hydroxylation is 1. The van der Waals surface area contributed by atoms with Crippen LogP contribution in [-0.4, -0.2) is 30.8 Å². The average molecular weight is 276 g/mol. The minimum Gasteiger partial charge on any atom is -0.481 e. The van der Waals surface area contributed by atoms with Crippen molar-refractivity contribution in [2.24, 2.45) is 0 Å². The number of carboxylic acid groups (broad SMARTS) is 1. The fourth-order valence-corrected chi connectivity index (χ4v) is 2.17. The van der Waals surface area contributed by atoms with Gasteiger partial charge in [-0.15, -0.1) is 0 Å².